The zero-order chi connectivity index (χ0) is 14.8. The Labute approximate surface area is 106 Å². The lowest BCUT2D eigenvalue weighted by Crippen LogP contribution is -2.40. The molecule has 1 nitrogen and oxygen atoms in total. The second-order valence-electron chi connectivity index (χ2n) is 4.29. The van der Waals surface area contributed by atoms with E-state index in [-0.39, 0.29) is 11.1 Å². The lowest BCUT2D eigenvalue weighted by Gasteiger charge is -2.20. The molecule has 0 amide bonds. The lowest BCUT2D eigenvalue weighted by molar-refractivity contribution is -0.126. The predicted molar refractivity (Wildman–Crippen MR) is 58.5 cm³/mol. The van der Waals surface area contributed by atoms with Crippen molar-refractivity contribution in [2.45, 2.75) is 32.2 Å². The monoisotopic (exact) mass is 285 g/mol. The van der Waals surface area contributed by atoms with Gasteiger partial charge in [0.1, 0.15) is 11.6 Å². The first kappa shape index (κ1) is 15.8. The summed E-state index contributed by atoms with van der Waals surface area (Å²) in [5.41, 5.74) is -0.112. The van der Waals surface area contributed by atoms with E-state index in [0.29, 0.717) is 0 Å². The molecule has 0 spiro atoms. The Balaban J connectivity index is 2.79. The maximum absolute atomic E-state index is 13.5. The van der Waals surface area contributed by atoms with Gasteiger partial charge in [-0.2, -0.15) is 8.78 Å². The van der Waals surface area contributed by atoms with Gasteiger partial charge in [-0.1, -0.05) is 0 Å². The van der Waals surface area contributed by atoms with Gasteiger partial charge in [-0.3, -0.25) is 0 Å². The normalized spacial score (nSPS) is 13.9. The molecule has 0 saturated heterocycles. The highest BCUT2D eigenvalue weighted by molar-refractivity contribution is 5.27. The van der Waals surface area contributed by atoms with Gasteiger partial charge in [0.15, 0.2) is 0 Å². The molecule has 108 valence electrons. The van der Waals surface area contributed by atoms with Crippen molar-refractivity contribution in [3.05, 3.63) is 34.9 Å². The van der Waals surface area contributed by atoms with Crippen molar-refractivity contribution in [2.75, 3.05) is 6.54 Å². The minimum atomic E-state index is -4.21. The third-order valence-electron chi connectivity index (χ3n) is 2.71. The summed E-state index contributed by atoms with van der Waals surface area (Å²) in [4.78, 5) is 0. The number of aryl methyl sites for hydroxylation is 1. The highest BCUT2D eigenvalue weighted by atomic mass is 19.3. The van der Waals surface area contributed by atoms with Gasteiger partial charge < -0.3 is 5.32 Å². The Morgan fingerprint density at radius 2 is 1.74 bits per heavy atom. The van der Waals surface area contributed by atoms with Crippen LogP contribution in [0.3, 0.4) is 0 Å². The fourth-order valence-corrected chi connectivity index (χ4v) is 1.47. The summed E-state index contributed by atoms with van der Waals surface area (Å²) in [5, 5.41) is 2.07. The number of hydrogen-bond donors (Lipinski definition) is 1. The molecule has 0 fully saturated rings. The van der Waals surface area contributed by atoms with Gasteiger partial charge >= 0.3 is 12.3 Å². The second-order valence-corrected chi connectivity index (χ2v) is 4.29. The summed E-state index contributed by atoms with van der Waals surface area (Å²) in [6, 6.07) is 0.774. The molecule has 1 aromatic rings. The van der Waals surface area contributed by atoms with Crippen LogP contribution in [-0.2, 0) is 0 Å². The lowest BCUT2D eigenvalue weighted by atomic mass is 10.0. The first-order valence-corrected chi connectivity index (χ1v) is 5.50. The Kier molecular flexibility index (Phi) is 4.84. The molecule has 1 aromatic carbocycles. The van der Waals surface area contributed by atoms with Gasteiger partial charge in [0.25, 0.3) is 0 Å². The molecule has 0 aliphatic rings. The van der Waals surface area contributed by atoms with Crippen molar-refractivity contribution in [2.24, 2.45) is 0 Å². The molecule has 0 bridgehead atoms. The standard InChI is InChI=1S/C12H13F6N/c1-6-3-10(14)8(4-9(6)13)7(2)19-5-12(17,18)11(15)16/h3-4,7,11,19H,5H2,1-2H3. The van der Waals surface area contributed by atoms with E-state index >= 15 is 0 Å². The fraction of sp³-hybridized carbons (Fsp3) is 0.500. The molecule has 0 saturated carbocycles. The van der Waals surface area contributed by atoms with Crippen molar-refractivity contribution in [1.29, 1.82) is 0 Å². The van der Waals surface area contributed by atoms with E-state index in [9.17, 15) is 26.3 Å². The maximum Gasteiger partial charge on any atom is 0.319 e. The smallest absolute Gasteiger partial charge is 0.304 e. The topological polar surface area (TPSA) is 12.0 Å². The highest BCUT2D eigenvalue weighted by Crippen LogP contribution is 2.25. The van der Waals surface area contributed by atoms with Crippen LogP contribution in [0.2, 0.25) is 0 Å². The van der Waals surface area contributed by atoms with Gasteiger partial charge in [0.05, 0.1) is 6.54 Å². The third kappa shape index (κ3) is 3.86. The summed E-state index contributed by atoms with van der Waals surface area (Å²) in [7, 11) is 0. The molecule has 1 N–H and O–H groups in total. The number of benzene rings is 1. The van der Waals surface area contributed by atoms with E-state index in [2.05, 4.69) is 5.32 Å². The minimum Gasteiger partial charge on any atom is -0.304 e. The first-order valence-electron chi connectivity index (χ1n) is 5.50. The first-order chi connectivity index (χ1) is 8.65. The summed E-state index contributed by atoms with van der Waals surface area (Å²) >= 11 is 0. The maximum atomic E-state index is 13.5. The average molecular weight is 285 g/mol. The zero-order valence-electron chi connectivity index (χ0n) is 10.3. The Bertz CT molecular complexity index is 446. The van der Waals surface area contributed by atoms with Gasteiger partial charge in [-0.05, 0) is 31.5 Å². The average Bonchev–Trinajstić information content (AvgIpc) is 2.30. The van der Waals surface area contributed by atoms with Crippen molar-refractivity contribution in [3.63, 3.8) is 0 Å². The molecule has 0 heterocycles. The third-order valence-corrected chi connectivity index (χ3v) is 2.71. The second kappa shape index (κ2) is 5.81. The summed E-state index contributed by atoms with van der Waals surface area (Å²) in [5.74, 6) is -5.68. The van der Waals surface area contributed by atoms with Crippen molar-refractivity contribution in [1.82, 2.24) is 5.32 Å². The van der Waals surface area contributed by atoms with Crippen LogP contribution >= 0.6 is 0 Å². The highest BCUT2D eigenvalue weighted by Gasteiger charge is 2.40. The van der Waals surface area contributed by atoms with Crippen LogP contribution in [0.5, 0.6) is 0 Å². The van der Waals surface area contributed by atoms with Crippen molar-refractivity contribution in [3.8, 4) is 0 Å². The van der Waals surface area contributed by atoms with Crippen LogP contribution in [0.25, 0.3) is 0 Å². The molecular weight excluding hydrogens is 272 g/mol. The predicted octanol–water partition coefficient (Wildman–Crippen LogP) is 3.82. The number of hydrogen-bond acceptors (Lipinski definition) is 1. The molecule has 19 heavy (non-hydrogen) atoms. The fourth-order valence-electron chi connectivity index (χ4n) is 1.47. The summed E-state index contributed by atoms with van der Waals surface area (Å²) in [6.45, 7) is 1.32. The molecule has 0 aliphatic carbocycles. The zero-order valence-corrected chi connectivity index (χ0v) is 10.3. The van der Waals surface area contributed by atoms with Crippen LogP contribution in [-0.4, -0.2) is 18.9 Å². The number of alkyl halides is 4. The Morgan fingerprint density at radius 1 is 1.16 bits per heavy atom. The summed E-state index contributed by atoms with van der Waals surface area (Å²) < 4.78 is 76.0. The molecule has 7 heteroatoms. The molecule has 0 aromatic heterocycles. The minimum absolute atomic E-state index is 0.0753. The van der Waals surface area contributed by atoms with Crippen molar-refractivity contribution < 1.29 is 26.3 Å². The van der Waals surface area contributed by atoms with E-state index in [1.807, 2.05) is 0 Å². The van der Waals surface area contributed by atoms with Crippen LogP contribution in [0.1, 0.15) is 24.1 Å². The van der Waals surface area contributed by atoms with Crippen LogP contribution in [0.4, 0.5) is 26.3 Å². The van der Waals surface area contributed by atoms with Gasteiger partial charge in [-0.15, -0.1) is 0 Å². The SMILES string of the molecule is Cc1cc(F)c(C(C)NCC(F)(F)C(F)F)cc1F. The molecular formula is C12H13F6N. The molecule has 1 atom stereocenters. The van der Waals surface area contributed by atoms with Gasteiger partial charge in [0, 0.05) is 11.6 Å². The van der Waals surface area contributed by atoms with E-state index < -0.39 is 36.6 Å². The van der Waals surface area contributed by atoms with Gasteiger partial charge in [0.2, 0.25) is 0 Å². The quantitative estimate of drug-likeness (QED) is 0.811. The van der Waals surface area contributed by atoms with Crippen LogP contribution in [0.15, 0.2) is 12.1 Å². The van der Waals surface area contributed by atoms with E-state index in [4.69, 9.17) is 0 Å². The van der Waals surface area contributed by atoms with E-state index in [1.54, 1.807) is 0 Å². The molecule has 0 aliphatic heterocycles. The number of halogens is 6. The molecule has 0 radical (unpaired) electrons. The Hall–Kier alpha value is -1.24. The van der Waals surface area contributed by atoms with Crippen LogP contribution < -0.4 is 5.32 Å². The largest absolute Gasteiger partial charge is 0.319 e. The number of rotatable bonds is 5. The van der Waals surface area contributed by atoms with Gasteiger partial charge in [-0.25, -0.2) is 17.6 Å². The van der Waals surface area contributed by atoms with E-state index in [0.717, 1.165) is 12.1 Å². The van der Waals surface area contributed by atoms with Crippen molar-refractivity contribution >= 4 is 0 Å². The number of nitrogens with one attached hydrogen (secondary N) is 1. The molecule has 1 rings (SSSR count). The summed E-state index contributed by atoms with van der Waals surface area (Å²) in [6.07, 6.45) is -3.81. The Morgan fingerprint density at radius 3 is 2.26 bits per heavy atom. The van der Waals surface area contributed by atoms with E-state index in [1.165, 1.54) is 13.8 Å². The van der Waals surface area contributed by atoms with Crippen LogP contribution in [0, 0.1) is 18.6 Å². The molecule has 1 unspecified atom stereocenters.